The van der Waals surface area contributed by atoms with E-state index in [2.05, 4.69) is 33.8 Å². The van der Waals surface area contributed by atoms with Gasteiger partial charge in [0.2, 0.25) is 0 Å². The first-order valence-corrected chi connectivity index (χ1v) is 4.64. The number of esters is 1. The molecule has 0 N–H and O–H groups in total. The van der Waals surface area contributed by atoms with E-state index in [-0.39, 0.29) is 17.3 Å². The van der Waals surface area contributed by atoms with Crippen molar-refractivity contribution in [1.29, 1.82) is 0 Å². The Morgan fingerprint density at radius 3 is 2.31 bits per heavy atom. The Kier molecular flexibility index (Phi) is 2.51. The summed E-state index contributed by atoms with van der Waals surface area (Å²) in [6, 6.07) is 0. The van der Waals surface area contributed by atoms with Gasteiger partial charge in [0.1, 0.15) is 0 Å². The first-order valence-electron chi connectivity index (χ1n) is 4.64. The fraction of sp³-hybridized carbons (Fsp3) is 0.727. The van der Waals surface area contributed by atoms with Gasteiger partial charge in [-0.1, -0.05) is 25.5 Å². The molecule has 0 saturated heterocycles. The highest BCUT2D eigenvalue weighted by molar-refractivity contribution is 5.78. The van der Waals surface area contributed by atoms with Crippen LogP contribution in [0.3, 0.4) is 0 Å². The average molecular weight is 182 g/mol. The van der Waals surface area contributed by atoms with Crippen LogP contribution in [0.5, 0.6) is 0 Å². The van der Waals surface area contributed by atoms with Gasteiger partial charge >= 0.3 is 5.97 Å². The molecule has 1 fully saturated rings. The number of hydrogen-bond donors (Lipinski definition) is 0. The zero-order valence-corrected chi connectivity index (χ0v) is 9.05. The summed E-state index contributed by atoms with van der Waals surface area (Å²) >= 11 is 0. The molecule has 1 rings (SSSR count). The first kappa shape index (κ1) is 10.3. The van der Waals surface area contributed by atoms with Crippen LogP contribution in [0.25, 0.3) is 0 Å². The van der Waals surface area contributed by atoms with Crippen molar-refractivity contribution < 1.29 is 9.53 Å². The zero-order chi connectivity index (χ0) is 10.2. The van der Waals surface area contributed by atoms with Crippen molar-refractivity contribution in [2.24, 2.45) is 17.3 Å². The predicted molar refractivity (Wildman–Crippen MR) is 52.2 cm³/mol. The summed E-state index contributed by atoms with van der Waals surface area (Å²) < 4.78 is 4.75. The Morgan fingerprint density at radius 1 is 1.38 bits per heavy atom. The molecule has 0 spiro atoms. The van der Waals surface area contributed by atoms with Crippen molar-refractivity contribution in [1.82, 2.24) is 0 Å². The monoisotopic (exact) mass is 182 g/mol. The molecule has 74 valence electrons. The second-order valence-electron chi connectivity index (χ2n) is 4.59. The van der Waals surface area contributed by atoms with Crippen molar-refractivity contribution in [2.45, 2.75) is 27.7 Å². The maximum Gasteiger partial charge on any atom is 0.309 e. The molecule has 2 heteroatoms. The highest BCUT2D eigenvalue weighted by atomic mass is 16.5. The number of carbonyl (C=O) groups is 1. The Labute approximate surface area is 80.0 Å². The summed E-state index contributed by atoms with van der Waals surface area (Å²) in [6.07, 6.45) is 2.17. The lowest BCUT2D eigenvalue weighted by atomic mass is 10.1. The third-order valence-electron chi connectivity index (χ3n) is 2.88. The lowest BCUT2D eigenvalue weighted by Crippen LogP contribution is -2.07. The van der Waals surface area contributed by atoms with Crippen LogP contribution < -0.4 is 0 Å². The minimum Gasteiger partial charge on any atom is -0.469 e. The van der Waals surface area contributed by atoms with Crippen LogP contribution >= 0.6 is 0 Å². The summed E-state index contributed by atoms with van der Waals surface area (Å²) in [5, 5.41) is 0. The number of ether oxygens (including phenoxy) is 1. The zero-order valence-electron chi connectivity index (χ0n) is 9.05. The molecule has 1 saturated carbocycles. The molecule has 0 aromatic carbocycles. The summed E-state index contributed by atoms with van der Waals surface area (Å²) in [6.45, 7) is 8.34. The van der Waals surface area contributed by atoms with Gasteiger partial charge in [-0.3, -0.25) is 4.79 Å². The van der Waals surface area contributed by atoms with Gasteiger partial charge < -0.3 is 4.74 Å². The van der Waals surface area contributed by atoms with Crippen LogP contribution in [0.2, 0.25) is 0 Å². The van der Waals surface area contributed by atoms with E-state index in [9.17, 15) is 4.79 Å². The van der Waals surface area contributed by atoms with E-state index in [1.807, 2.05) is 0 Å². The van der Waals surface area contributed by atoms with Crippen molar-refractivity contribution >= 4 is 5.97 Å². The topological polar surface area (TPSA) is 26.3 Å². The molecule has 13 heavy (non-hydrogen) atoms. The third kappa shape index (κ3) is 1.77. The Bertz CT molecular complexity index is 247. The summed E-state index contributed by atoms with van der Waals surface area (Å²) in [5.74, 6) is 0.352. The number of carbonyl (C=O) groups excluding carboxylic acids is 1. The molecule has 0 amide bonds. The number of allylic oxidation sites excluding steroid dienone is 2. The van der Waals surface area contributed by atoms with E-state index in [4.69, 9.17) is 4.74 Å². The SMILES string of the molecule is COC(=O)[C@@H]1[C@H](C=C(C)C)C1(C)C. The Morgan fingerprint density at radius 2 is 1.92 bits per heavy atom. The molecule has 0 radical (unpaired) electrons. The van der Waals surface area contributed by atoms with Gasteiger partial charge in [0.05, 0.1) is 13.0 Å². The van der Waals surface area contributed by atoms with E-state index in [0.717, 1.165) is 0 Å². The maximum absolute atomic E-state index is 11.3. The van der Waals surface area contributed by atoms with E-state index >= 15 is 0 Å². The van der Waals surface area contributed by atoms with E-state index < -0.39 is 0 Å². The lowest BCUT2D eigenvalue weighted by molar-refractivity contribution is -0.143. The third-order valence-corrected chi connectivity index (χ3v) is 2.88. The van der Waals surface area contributed by atoms with Crippen molar-refractivity contribution in [2.75, 3.05) is 7.11 Å². The molecule has 0 bridgehead atoms. The minimum absolute atomic E-state index is 0.0624. The highest BCUT2D eigenvalue weighted by Gasteiger charge is 2.61. The molecular formula is C11H18O2. The van der Waals surface area contributed by atoms with Gasteiger partial charge in [0.25, 0.3) is 0 Å². The summed E-state index contributed by atoms with van der Waals surface area (Å²) in [4.78, 5) is 11.3. The second-order valence-corrected chi connectivity index (χ2v) is 4.59. The molecule has 0 heterocycles. The summed E-state index contributed by atoms with van der Waals surface area (Å²) in [7, 11) is 1.45. The fourth-order valence-corrected chi connectivity index (χ4v) is 1.93. The van der Waals surface area contributed by atoms with Gasteiger partial charge in [-0.2, -0.15) is 0 Å². The molecule has 0 aliphatic heterocycles. The molecule has 1 aliphatic rings. The molecular weight excluding hydrogens is 164 g/mol. The normalized spacial score (nSPS) is 29.3. The van der Waals surface area contributed by atoms with Crippen molar-refractivity contribution in [3.63, 3.8) is 0 Å². The largest absolute Gasteiger partial charge is 0.469 e. The molecule has 1 aliphatic carbocycles. The molecule has 0 aromatic heterocycles. The van der Waals surface area contributed by atoms with E-state index in [0.29, 0.717) is 5.92 Å². The molecule has 0 aromatic rings. The summed E-state index contributed by atoms with van der Waals surface area (Å²) in [5.41, 5.74) is 1.36. The standard InChI is InChI=1S/C11H18O2/c1-7(2)6-8-9(10(12)13-5)11(8,3)4/h6,8-9H,1-5H3/t8-,9-/m0/s1. The second kappa shape index (κ2) is 3.17. The molecule has 0 unspecified atom stereocenters. The van der Waals surface area contributed by atoms with Crippen LogP contribution in [0.15, 0.2) is 11.6 Å². The highest BCUT2D eigenvalue weighted by Crippen LogP contribution is 2.59. The van der Waals surface area contributed by atoms with Crippen molar-refractivity contribution in [3.8, 4) is 0 Å². The maximum atomic E-state index is 11.3. The Hall–Kier alpha value is -0.790. The lowest BCUT2D eigenvalue weighted by Gasteiger charge is -1.99. The minimum atomic E-state index is -0.0764. The molecule has 2 atom stereocenters. The van der Waals surface area contributed by atoms with Crippen LogP contribution in [0, 0.1) is 17.3 Å². The number of rotatable bonds is 2. The smallest absolute Gasteiger partial charge is 0.309 e. The quantitative estimate of drug-likeness (QED) is 0.484. The first-order chi connectivity index (χ1) is 5.91. The van der Waals surface area contributed by atoms with Crippen LogP contribution in [0.1, 0.15) is 27.7 Å². The van der Waals surface area contributed by atoms with Crippen LogP contribution in [-0.4, -0.2) is 13.1 Å². The van der Waals surface area contributed by atoms with E-state index in [1.54, 1.807) is 0 Å². The fourth-order valence-electron chi connectivity index (χ4n) is 1.93. The van der Waals surface area contributed by atoms with Gasteiger partial charge in [0.15, 0.2) is 0 Å². The van der Waals surface area contributed by atoms with Gasteiger partial charge in [-0.25, -0.2) is 0 Å². The van der Waals surface area contributed by atoms with Gasteiger partial charge in [-0.15, -0.1) is 0 Å². The van der Waals surface area contributed by atoms with Crippen molar-refractivity contribution in [3.05, 3.63) is 11.6 Å². The average Bonchev–Trinajstić information content (AvgIpc) is 2.51. The van der Waals surface area contributed by atoms with Crippen LogP contribution in [0.4, 0.5) is 0 Å². The Balaban J connectivity index is 2.72. The number of methoxy groups -OCH3 is 1. The van der Waals surface area contributed by atoms with E-state index in [1.165, 1.54) is 12.7 Å². The van der Waals surface area contributed by atoms with Gasteiger partial charge in [0, 0.05) is 0 Å². The van der Waals surface area contributed by atoms with Crippen LogP contribution in [-0.2, 0) is 9.53 Å². The van der Waals surface area contributed by atoms with Gasteiger partial charge in [-0.05, 0) is 25.2 Å². The predicted octanol–water partition coefficient (Wildman–Crippen LogP) is 2.40. The molecule has 2 nitrogen and oxygen atoms in total. The number of hydrogen-bond acceptors (Lipinski definition) is 2.